The van der Waals surface area contributed by atoms with Gasteiger partial charge in [-0.3, -0.25) is 14.5 Å². The molecule has 0 bridgehead atoms. The summed E-state index contributed by atoms with van der Waals surface area (Å²) in [5.41, 5.74) is 2.39. The van der Waals surface area contributed by atoms with Crippen molar-refractivity contribution in [3.05, 3.63) is 80.6 Å². The topological polar surface area (TPSA) is 73.8 Å². The Morgan fingerprint density at radius 1 is 1.23 bits per heavy atom. The summed E-state index contributed by atoms with van der Waals surface area (Å²) in [4.78, 5) is 22.6. The summed E-state index contributed by atoms with van der Waals surface area (Å²) in [6.45, 7) is 2.02. The normalized spacial score (nSPS) is 11.2. The Balaban J connectivity index is 2.06. The van der Waals surface area contributed by atoms with E-state index >= 15 is 0 Å². The van der Waals surface area contributed by atoms with E-state index in [9.17, 15) is 14.9 Å². The van der Waals surface area contributed by atoms with E-state index in [0.29, 0.717) is 27.5 Å². The fourth-order valence-electron chi connectivity index (χ4n) is 2.66. The average Bonchev–Trinajstić information content (AvgIpc) is 3.00. The number of ether oxygens (including phenoxy) is 1. The molecule has 0 fully saturated rings. The minimum atomic E-state index is -0.445. The number of carbonyl (C=O) groups excluding carboxylic acids is 1. The van der Waals surface area contributed by atoms with E-state index in [1.165, 1.54) is 12.1 Å². The molecule has 0 spiro atoms. The monoisotopic (exact) mass is 370 g/mol. The molecule has 0 saturated carbocycles. The molecule has 0 atom stereocenters. The lowest BCUT2D eigenvalue weighted by molar-refractivity contribution is -0.384. The Labute approximate surface area is 154 Å². The molecule has 2 aromatic heterocycles. The van der Waals surface area contributed by atoms with Gasteiger partial charge in [-0.05, 0) is 36.8 Å². The van der Waals surface area contributed by atoms with E-state index in [0.717, 1.165) is 0 Å². The number of fused-ring (bicyclic) bond motifs is 1. The van der Waals surface area contributed by atoms with E-state index in [4.69, 9.17) is 16.3 Å². The lowest BCUT2D eigenvalue weighted by Gasteiger charge is -2.03. The Hall–Kier alpha value is -3.12. The summed E-state index contributed by atoms with van der Waals surface area (Å²) in [5.74, 6) is -0.428. The van der Waals surface area contributed by atoms with Gasteiger partial charge in [0.1, 0.15) is 5.15 Å². The van der Waals surface area contributed by atoms with Crippen molar-refractivity contribution in [3.63, 3.8) is 0 Å². The van der Waals surface area contributed by atoms with Crippen LogP contribution in [0.3, 0.4) is 0 Å². The second kappa shape index (κ2) is 7.41. The van der Waals surface area contributed by atoms with Crippen molar-refractivity contribution in [2.24, 2.45) is 0 Å². The molecule has 0 aliphatic carbocycles. The Morgan fingerprint density at radius 3 is 2.73 bits per heavy atom. The van der Waals surface area contributed by atoms with Crippen molar-refractivity contribution in [2.45, 2.75) is 6.92 Å². The fraction of sp³-hybridized carbons (Fsp3) is 0.105. The van der Waals surface area contributed by atoms with Crippen molar-refractivity contribution < 1.29 is 14.5 Å². The van der Waals surface area contributed by atoms with Crippen LogP contribution < -0.4 is 0 Å². The van der Waals surface area contributed by atoms with E-state index in [-0.39, 0.29) is 12.3 Å². The molecule has 7 heteroatoms. The molecule has 0 aliphatic heterocycles. The minimum absolute atomic E-state index is 0.0115. The Kier molecular flexibility index (Phi) is 5.04. The van der Waals surface area contributed by atoms with Gasteiger partial charge in [0, 0.05) is 17.8 Å². The Bertz CT molecular complexity index is 1020. The van der Waals surface area contributed by atoms with Crippen molar-refractivity contribution >= 4 is 40.9 Å². The third kappa shape index (κ3) is 3.45. The highest BCUT2D eigenvalue weighted by Crippen LogP contribution is 2.25. The number of non-ortho nitro benzene ring substituents is 1. The maximum Gasteiger partial charge on any atom is 0.340 e. The molecule has 26 heavy (non-hydrogen) atoms. The van der Waals surface area contributed by atoms with Crippen molar-refractivity contribution in [1.29, 1.82) is 0 Å². The van der Waals surface area contributed by atoms with Gasteiger partial charge in [-0.25, -0.2) is 4.79 Å². The van der Waals surface area contributed by atoms with Gasteiger partial charge in [0.25, 0.3) is 5.69 Å². The predicted octanol–water partition coefficient (Wildman–Crippen LogP) is 4.85. The van der Waals surface area contributed by atoms with Gasteiger partial charge in [-0.1, -0.05) is 35.9 Å². The van der Waals surface area contributed by atoms with Crippen LogP contribution in [0.15, 0.2) is 48.5 Å². The van der Waals surface area contributed by atoms with Crippen LogP contribution >= 0.6 is 11.6 Å². The number of rotatable bonds is 5. The van der Waals surface area contributed by atoms with Gasteiger partial charge >= 0.3 is 5.97 Å². The first kappa shape index (κ1) is 17.7. The van der Waals surface area contributed by atoms with Crippen LogP contribution in [0.2, 0.25) is 5.15 Å². The summed E-state index contributed by atoms with van der Waals surface area (Å²) < 4.78 is 6.82. The first-order valence-electron chi connectivity index (χ1n) is 7.91. The lowest BCUT2D eigenvalue weighted by Crippen LogP contribution is -2.03. The average molecular weight is 371 g/mol. The van der Waals surface area contributed by atoms with Crippen LogP contribution in [0.5, 0.6) is 0 Å². The number of pyridine rings is 1. The predicted molar refractivity (Wildman–Crippen MR) is 100 cm³/mol. The van der Waals surface area contributed by atoms with Crippen LogP contribution in [-0.2, 0) is 4.74 Å². The molecule has 1 aromatic carbocycles. The van der Waals surface area contributed by atoms with Crippen molar-refractivity contribution in [2.75, 3.05) is 6.61 Å². The van der Waals surface area contributed by atoms with Crippen molar-refractivity contribution in [3.8, 4) is 0 Å². The molecule has 2 heterocycles. The first-order valence-corrected chi connectivity index (χ1v) is 8.28. The summed E-state index contributed by atoms with van der Waals surface area (Å²) in [7, 11) is 0. The number of nitro benzene ring substituents is 1. The zero-order valence-electron chi connectivity index (χ0n) is 13.9. The van der Waals surface area contributed by atoms with Crippen LogP contribution in [0.4, 0.5) is 5.69 Å². The zero-order valence-corrected chi connectivity index (χ0v) is 14.6. The second-order valence-corrected chi connectivity index (χ2v) is 5.85. The van der Waals surface area contributed by atoms with Gasteiger partial charge in [-0.15, -0.1) is 0 Å². The van der Waals surface area contributed by atoms with Crippen molar-refractivity contribution in [1.82, 2.24) is 4.40 Å². The minimum Gasteiger partial charge on any atom is -0.462 e. The third-order valence-electron chi connectivity index (χ3n) is 3.79. The molecule has 3 aromatic rings. The molecule has 0 radical (unpaired) electrons. The molecule has 0 amide bonds. The number of carbonyl (C=O) groups is 1. The van der Waals surface area contributed by atoms with Gasteiger partial charge in [0.2, 0.25) is 0 Å². The fourth-order valence-corrected chi connectivity index (χ4v) is 2.92. The number of halogens is 1. The van der Waals surface area contributed by atoms with Gasteiger partial charge in [0.15, 0.2) is 0 Å². The van der Waals surface area contributed by atoms with E-state index in [1.807, 2.05) is 0 Å². The summed E-state index contributed by atoms with van der Waals surface area (Å²) in [6, 6.07) is 13.2. The molecule has 0 N–H and O–H groups in total. The number of hydrogen-bond acceptors (Lipinski definition) is 4. The van der Waals surface area contributed by atoms with E-state index in [2.05, 4.69) is 0 Å². The number of hydrogen-bond donors (Lipinski definition) is 0. The summed E-state index contributed by atoms with van der Waals surface area (Å²) >= 11 is 6.29. The number of nitro groups is 1. The van der Waals surface area contributed by atoms with Crippen LogP contribution in [0.1, 0.15) is 28.5 Å². The summed E-state index contributed by atoms with van der Waals surface area (Å²) in [6.07, 6.45) is 3.48. The largest absolute Gasteiger partial charge is 0.462 e. The Morgan fingerprint density at radius 2 is 2.00 bits per heavy atom. The second-order valence-electron chi connectivity index (χ2n) is 5.46. The van der Waals surface area contributed by atoms with Crippen LogP contribution in [-0.4, -0.2) is 21.9 Å². The molecule has 0 aliphatic rings. The summed E-state index contributed by atoms with van der Waals surface area (Å²) in [5, 5.41) is 11.3. The smallest absolute Gasteiger partial charge is 0.340 e. The molecule has 3 rings (SSSR count). The molecule has 0 unspecified atom stereocenters. The maximum atomic E-state index is 12.2. The maximum absolute atomic E-state index is 12.2. The van der Waals surface area contributed by atoms with Crippen LogP contribution in [0.25, 0.3) is 17.7 Å². The first-order chi connectivity index (χ1) is 12.5. The van der Waals surface area contributed by atoms with Crippen LogP contribution in [0, 0.1) is 10.1 Å². The molecule has 6 nitrogen and oxygen atoms in total. The number of benzene rings is 1. The number of nitrogens with zero attached hydrogens (tertiary/aromatic N) is 2. The van der Waals surface area contributed by atoms with Gasteiger partial charge < -0.3 is 4.74 Å². The molecular formula is C19H15ClN2O4. The van der Waals surface area contributed by atoms with Gasteiger partial charge in [0.05, 0.1) is 22.6 Å². The standard InChI is InChI=1S/C19H15ClN2O4/c1-2-26-19(23)16-12-14(21-17(16)7-4-8-18(21)20)10-9-13-5-3-6-15(11-13)22(24)25/h3-12H,2H2,1H3/b10-9+. The molecule has 0 saturated heterocycles. The quantitative estimate of drug-likeness (QED) is 0.278. The zero-order chi connectivity index (χ0) is 18.7. The van der Waals surface area contributed by atoms with Gasteiger partial charge in [-0.2, -0.15) is 0 Å². The third-order valence-corrected chi connectivity index (χ3v) is 4.09. The lowest BCUT2D eigenvalue weighted by atomic mass is 10.2. The number of aromatic nitrogens is 1. The highest BCUT2D eigenvalue weighted by Gasteiger charge is 2.16. The number of esters is 1. The highest BCUT2D eigenvalue weighted by atomic mass is 35.5. The van der Waals surface area contributed by atoms with E-state index < -0.39 is 10.9 Å². The van der Waals surface area contributed by atoms with E-state index in [1.54, 1.807) is 59.9 Å². The SMILES string of the molecule is CCOC(=O)c1cc(/C=C/c2cccc([N+](=O)[O-])c2)n2c(Cl)cccc12. The highest BCUT2D eigenvalue weighted by molar-refractivity contribution is 6.30. The molecular weight excluding hydrogens is 356 g/mol. The molecule has 132 valence electrons.